The second kappa shape index (κ2) is 15.2. The Balaban J connectivity index is 1.52. The molecule has 3 atom stereocenters. The van der Waals surface area contributed by atoms with Crippen LogP contribution in [0.5, 0.6) is 5.75 Å². The van der Waals surface area contributed by atoms with E-state index in [1.807, 2.05) is 49.4 Å². The molecule has 1 aliphatic rings. The molecule has 0 bridgehead atoms. The van der Waals surface area contributed by atoms with Gasteiger partial charge in [0.2, 0.25) is 0 Å². The zero-order valence-electron chi connectivity index (χ0n) is 21.7. The minimum atomic E-state index is -0.648. The van der Waals surface area contributed by atoms with E-state index >= 15 is 0 Å². The van der Waals surface area contributed by atoms with Crippen LogP contribution in [0.25, 0.3) is 11.1 Å². The van der Waals surface area contributed by atoms with Crippen molar-refractivity contribution in [2.45, 2.75) is 96.4 Å². The predicted octanol–water partition coefficient (Wildman–Crippen LogP) is 7.67. The lowest BCUT2D eigenvalue weighted by atomic mass is 9.94. The van der Waals surface area contributed by atoms with E-state index in [4.69, 9.17) is 25.8 Å². The number of rotatable bonds is 14. The molecule has 1 heterocycles. The molecular weight excluding hydrogens is 476 g/mol. The topological polar surface area (TPSA) is 65.0 Å². The average molecular weight is 517 g/mol. The van der Waals surface area contributed by atoms with Crippen molar-refractivity contribution in [3.63, 3.8) is 0 Å². The van der Waals surface area contributed by atoms with E-state index in [0.717, 1.165) is 35.3 Å². The molecular formula is C30H41ClO5. The summed E-state index contributed by atoms with van der Waals surface area (Å²) in [4.78, 5) is 12.2. The van der Waals surface area contributed by atoms with E-state index < -0.39 is 12.2 Å². The van der Waals surface area contributed by atoms with Gasteiger partial charge in [-0.05, 0) is 61.6 Å². The Kier molecular flexibility index (Phi) is 12.1. The number of hydrogen-bond acceptors (Lipinski definition) is 5. The summed E-state index contributed by atoms with van der Waals surface area (Å²) in [6, 6.07) is 13.8. The SMILES string of the molecule is CCCCCCCCCC(=O)OC[C@H]1OC(c2ccc(Cl)c(-c3ccc(OCC)cc3)c2)CC[C@H]1O. The highest BCUT2D eigenvalue weighted by atomic mass is 35.5. The number of benzene rings is 2. The Bertz CT molecular complexity index is 929. The van der Waals surface area contributed by atoms with E-state index in [1.54, 1.807) is 0 Å². The van der Waals surface area contributed by atoms with Gasteiger partial charge in [0.05, 0.1) is 18.8 Å². The molecule has 1 unspecified atom stereocenters. The lowest BCUT2D eigenvalue weighted by Gasteiger charge is -2.34. The third-order valence-electron chi connectivity index (χ3n) is 6.72. The normalized spacial score (nSPS) is 19.7. The van der Waals surface area contributed by atoms with Crippen molar-refractivity contribution >= 4 is 17.6 Å². The molecule has 6 heteroatoms. The van der Waals surface area contributed by atoms with Crippen LogP contribution < -0.4 is 4.74 Å². The van der Waals surface area contributed by atoms with Crippen LogP contribution >= 0.6 is 11.6 Å². The first-order chi connectivity index (χ1) is 17.5. The summed E-state index contributed by atoms with van der Waals surface area (Å²) < 4.78 is 17.2. The van der Waals surface area contributed by atoms with Crippen LogP contribution in [0.1, 0.15) is 89.7 Å². The quantitative estimate of drug-likeness (QED) is 0.206. The van der Waals surface area contributed by atoms with Gasteiger partial charge in [-0.25, -0.2) is 0 Å². The van der Waals surface area contributed by atoms with Crippen LogP contribution in [0, 0.1) is 0 Å². The van der Waals surface area contributed by atoms with Crippen LogP contribution in [-0.4, -0.2) is 36.5 Å². The van der Waals surface area contributed by atoms with Gasteiger partial charge in [0.25, 0.3) is 0 Å². The van der Waals surface area contributed by atoms with Crippen molar-refractivity contribution in [3.05, 3.63) is 53.1 Å². The second-order valence-electron chi connectivity index (χ2n) is 9.56. The molecule has 36 heavy (non-hydrogen) atoms. The molecule has 0 amide bonds. The minimum absolute atomic E-state index is 0.0757. The molecule has 1 saturated heterocycles. The molecule has 1 fully saturated rings. The fourth-order valence-electron chi connectivity index (χ4n) is 4.61. The summed E-state index contributed by atoms with van der Waals surface area (Å²) in [5.74, 6) is 0.605. The summed E-state index contributed by atoms with van der Waals surface area (Å²) in [7, 11) is 0. The number of unbranched alkanes of at least 4 members (excludes halogenated alkanes) is 6. The Morgan fingerprint density at radius 1 is 1.00 bits per heavy atom. The maximum absolute atomic E-state index is 12.2. The number of aliphatic hydroxyl groups excluding tert-OH is 1. The summed E-state index contributed by atoms with van der Waals surface area (Å²) in [5, 5.41) is 11.1. The molecule has 198 valence electrons. The maximum atomic E-state index is 12.2. The zero-order chi connectivity index (χ0) is 25.8. The number of carbonyl (C=O) groups excluding carboxylic acids is 1. The highest BCUT2D eigenvalue weighted by Crippen LogP contribution is 2.36. The number of aliphatic hydroxyl groups is 1. The van der Waals surface area contributed by atoms with Gasteiger partial charge in [0.15, 0.2) is 0 Å². The molecule has 0 spiro atoms. The second-order valence-corrected chi connectivity index (χ2v) is 9.97. The van der Waals surface area contributed by atoms with Gasteiger partial charge >= 0.3 is 5.97 Å². The van der Waals surface area contributed by atoms with E-state index in [0.29, 0.717) is 30.9 Å². The average Bonchev–Trinajstić information content (AvgIpc) is 2.89. The largest absolute Gasteiger partial charge is 0.494 e. The van der Waals surface area contributed by atoms with Gasteiger partial charge in [-0.15, -0.1) is 0 Å². The van der Waals surface area contributed by atoms with Crippen molar-refractivity contribution in [2.24, 2.45) is 0 Å². The minimum Gasteiger partial charge on any atom is -0.494 e. The van der Waals surface area contributed by atoms with Gasteiger partial charge < -0.3 is 19.3 Å². The van der Waals surface area contributed by atoms with Gasteiger partial charge in [-0.1, -0.05) is 75.2 Å². The molecule has 1 N–H and O–H groups in total. The summed E-state index contributed by atoms with van der Waals surface area (Å²) >= 11 is 6.52. The zero-order valence-corrected chi connectivity index (χ0v) is 22.5. The number of esters is 1. The smallest absolute Gasteiger partial charge is 0.305 e. The molecule has 3 rings (SSSR count). The van der Waals surface area contributed by atoms with E-state index in [2.05, 4.69) is 6.92 Å². The fourth-order valence-corrected chi connectivity index (χ4v) is 4.84. The fraction of sp³-hybridized carbons (Fsp3) is 0.567. The molecule has 5 nitrogen and oxygen atoms in total. The third kappa shape index (κ3) is 8.79. The standard InChI is InChI=1S/C30H41ClO5/c1-3-5-6-7-8-9-10-11-30(33)35-21-29-27(32)18-19-28(36-29)23-14-17-26(31)25(20-23)22-12-15-24(16-13-22)34-4-2/h12-17,20,27-29,32H,3-11,18-19,21H2,1-2H3/t27-,28?,29-/m1/s1. The molecule has 0 saturated carbocycles. The molecule has 0 radical (unpaired) electrons. The first kappa shape index (κ1) is 28.5. The monoisotopic (exact) mass is 516 g/mol. The third-order valence-corrected chi connectivity index (χ3v) is 7.05. The van der Waals surface area contributed by atoms with Crippen LogP contribution in [-0.2, 0) is 14.3 Å². The van der Waals surface area contributed by atoms with Crippen LogP contribution in [0.4, 0.5) is 0 Å². The lowest BCUT2D eigenvalue weighted by Crippen LogP contribution is -2.39. The lowest BCUT2D eigenvalue weighted by molar-refractivity contribution is -0.165. The van der Waals surface area contributed by atoms with Crippen molar-refractivity contribution in [1.29, 1.82) is 0 Å². The maximum Gasteiger partial charge on any atom is 0.305 e. The van der Waals surface area contributed by atoms with Gasteiger partial charge in [0, 0.05) is 17.0 Å². The van der Waals surface area contributed by atoms with Crippen LogP contribution in [0.3, 0.4) is 0 Å². The van der Waals surface area contributed by atoms with E-state index in [-0.39, 0.29) is 18.7 Å². The summed E-state index contributed by atoms with van der Waals surface area (Å²) in [6.45, 7) is 4.86. The van der Waals surface area contributed by atoms with E-state index in [1.165, 1.54) is 32.1 Å². The van der Waals surface area contributed by atoms with Crippen molar-refractivity contribution in [2.75, 3.05) is 13.2 Å². The molecule has 2 aromatic rings. The number of ether oxygens (including phenoxy) is 3. The Labute approximate surface area is 221 Å². The highest BCUT2D eigenvalue weighted by Gasteiger charge is 2.32. The number of halogens is 1. The Morgan fingerprint density at radius 3 is 2.44 bits per heavy atom. The first-order valence-corrected chi connectivity index (χ1v) is 13.9. The predicted molar refractivity (Wildman–Crippen MR) is 144 cm³/mol. The van der Waals surface area contributed by atoms with Crippen molar-refractivity contribution in [1.82, 2.24) is 0 Å². The first-order valence-electron chi connectivity index (χ1n) is 13.5. The summed E-state index contributed by atoms with van der Waals surface area (Å²) in [5.41, 5.74) is 2.91. The van der Waals surface area contributed by atoms with Crippen molar-refractivity contribution < 1.29 is 24.1 Å². The van der Waals surface area contributed by atoms with Crippen LogP contribution in [0.2, 0.25) is 5.02 Å². The van der Waals surface area contributed by atoms with Gasteiger partial charge in [0.1, 0.15) is 18.5 Å². The van der Waals surface area contributed by atoms with Gasteiger partial charge in [-0.2, -0.15) is 0 Å². The molecule has 0 aromatic heterocycles. The number of hydrogen-bond donors (Lipinski definition) is 1. The molecule has 1 aliphatic heterocycles. The highest BCUT2D eigenvalue weighted by molar-refractivity contribution is 6.33. The Hall–Kier alpha value is -2.08. The Morgan fingerprint density at radius 2 is 1.72 bits per heavy atom. The summed E-state index contributed by atoms with van der Waals surface area (Å²) in [6.07, 6.45) is 8.41. The number of carbonyl (C=O) groups is 1. The van der Waals surface area contributed by atoms with Crippen LogP contribution in [0.15, 0.2) is 42.5 Å². The van der Waals surface area contributed by atoms with Gasteiger partial charge in [-0.3, -0.25) is 4.79 Å². The van der Waals surface area contributed by atoms with E-state index in [9.17, 15) is 9.90 Å². The van der Waals surface area contributed by atoms with Crippen molar-refractivity contribution in [3.8, 4) is 16.9 Å². The molecule has 0 aliphatic carbocycles. The molecule has 2 aromatic carbocycles.